The lowest BCUT2D eigenvalue weighted by atomic mass is 10.1. The van der Waals surface area contributed by atoms with Gasteiger partial charge < -0.3 is 20.5 Å². The van der Waals surface area contributed by atoms with Crippen LogP contribution in [0.1, 0.15) is 11.6 Å². The fraction of sp³-hybridized carbons (Fsp3) is 0.364. The number of ether oxygens (including phenoxy) is 2. The second-order valence-electron chi connectivity index (χ2n) is 3.83. The van der Waals surface area contributed by atoms with E-state index in [1.165, 1.54) is 0 Å². The van der Waals surface area contributed by atoms with Crippen molar-refractivity contribution in [2.24, 2.45) is 10.7 Å². The maximum absolute atomic E-state index is 5.58. The van der Waals surface area contributed by atoms with Gasteiger partial charge in [0.25, 0.3) is 0 Å². The van der Waals surface area contributed by atoms with Gasteiger partial charge in [0.2, 0.25) is 0 Å². The molecule has 5 nitrogen and oxygen atoms in total. The van der Waals surface area contributed by atoms with Crippen molar-refractivity contribution in [2.45, 2.75) is 6.04 Å². The zero-order valence-corrected chi connectivity index (χ0v) is 8.77. The summed E-state index contributed by atoms with van der Waals surface area (Å²) in [4.78, 5) is 4.12. The highest BCUT2D eigenvalue weighted by Crippen LogP contribution is 2.33. The molecule has 84 valence electrons. The molecule has 1 aromatic rings. The largest absolute Gasteiger partial charge is 0.486 e. The van der Waals surface area contributed by atoms with Crippen LogP contribution in [0.3, 0.4) is 0 Å². The second-order valence-corrected chi connectivity index (χ2v) is 3.83. The number of aliphatic imine (C=N–C) groups is 1. The molecule has 3 rings (SSSR count). The van der Waals surface area contributed by atoms with E-state index in [1.807, 2.05) is 18.2 Å². The van der Waals surface area contributed by atoms with Crippen LogP contribution >= 0.6 is 0 Å². The quantitative estimate of drug-likeness (QED) is 0.718. The lowest BCUT2D eigenvalue weighted by molar-refractivity contribution is 0.171. The smallest absolute Gasteiger partial charge is 0.189 e. The molecule has 0 aromatic heterocycles. The second kappa shape index (κ2) is 3.59. The fourth-order valence-corrected chi connectivity index (χ4v) is 1.92. The van der Waals surface area contributed by atoms with E-state index in [9.17, 15) is 0 Å². The van der Waals surface area contributed by atoms with Crippen LogP contribution in [0, 0.1) is 0 Å². The summed E-state index contributed by atoms with van der Waals surface area (Å²) < 4.78 is 11.0. The number of nitrogens with one attached hydrogen (secondary N) is 1. The number of hydrogen-bond acceptors (Lipinski definition) is 5. The molecular formula is C11H13N3O2. The van der Waals surface area contributed by atoms with Crippen molar-refractivity contribution in [3.8, 4) is 11.5 Å². The number of benzene rings is 1. The lowest BCUT2D eigenvalue weighted by Gasteiger charge is -2.20. The molecule has 1 atom stereocenters. The SMILES string of the molecule is NC1=NCC(c2ccc3c(c2)OCCO3)N1. The number of fused-ring (bicyclic) bond motifs is 1. The third-order valence-electron chi connectivity index (χ3n) is 2.73. The summed E-state index contributed by atoms with van der Waals surface area (Å²) in [5, 5.41) is 3.11. The Hall–Kier alpha value is -1.91. The molecule has 5 heteroatoms. The molecule has 0 bridgehead atoms. The van der Waals surface area contributed by atoms with Gasteiger partial charge in [0.1, 0.15) is 13.2 Å². The van der Waals surface area contributed by atoms with Crippen LogP contribution in [0.4, 0.5) is 0 Å². The third-order valence-corrected chi connectivity index (χ3v) is 2.73. The first kappa shape index (κ1) is 9.33. The van der Waals surface area contributed by atoms with E-state index in [2.05, 4.69) is 10.3 Å². The highest BCUT2D eigenvalue weighted by Gasteiger charge is 2.20. The van der Waals surface area contributed by atoms with Crippen molar-refractivity contribution in [2.75, 3.05) is 19.8 Å². The van der Waals surface area contributed by atoms with Crippen LogP contribution in [0.2, 0.25) is 0 Å². The maximum atomic E-state index is 5.58. The van der Waals surface area contributed by atoms with E-state index in [0.29, 0.717) is 25.7 Å². The standard InChI is InChI=1S/C11H13N3O2/c12-11-13-6-8(14-11)7-1-2-9-10(5-7)16-4-3-15-9/h1-2,5,8H,3-4,6H2,(H3,12,13,14). The first-order valence-corrected chi connectivity index (χ1v) is 5.29. The molecule has 16 heavy (non-hydrogen) atoms. The van der Waals surface area contributed by atoms with Gasteiger partial charge in [-0.1, -0.05) is 6.07 Å². The molecule has 0 aliphatic carbocycles. The van der Waals surface area contributed by atoms with E-state index in [-0.39, 0.29) is 6.04 Å². The Morgan fingerprint density at radius 2 is 2.06 bits per heavy atom. The Kier molecular flexibility index (Phi) is 2.09. The first-order valence-electron chi connectivity index (χ1n) is 5.29. The van der Waals surface area contributed by atoms with E-state index in [4.69, 9.17) is 15.2 Å². The predicted octanol–water partition coefficient (Wildman–Crippen LogP) is 0.417. The minimum atomic E-state index is 0.149. The normalized spacial score (nSPS) is 22.5. The van der Waals surface area contributed by atoms with Gasteiger partial charge >= 0.3 is 0 Å². The van der Waals surface area contributed by atoms with Crippen LogP contribution in [-0.4, -0.2) is 25.7 Å². The zero-order chi connectivity index (χ0) is 11.0. The Bertz CT molecular complexity index is 445. The molecule has 3 N–H and O–H groups in total. The Morgan fingerprint density at radius 3 is 2.81 bits per heavy atom. The highest BCUT2D eigenvalue weighted by atomic mass is 16.6. The number of nitrogens with two attached hydrogens (primary N) is 1. The zero-order valence-electron chi connectivity index (χ0n) is 8.77. The minimum absolute atomic E-state index is 0.149. The average molecular weight is 219 g/mol. The molecule has 0 saturated heterocycles. The Labute approximate surface area is 93.3 Å². The van der Waals surface area contributed by atoms with Gasteiger partial charge in [-0.15, -0.1) is 0 Å². The van der Waals surface area contributed by atoms with Crippen LogP contribution in [0.5, 0.6) is 11.5 Å². The minimum Gasteiger partial charge on any atom is -0.486 e. The van der Waals surface area contributed by atoms with Gasteiger partial charge in [-0.2, -0.15) is 0 Å². The topological polar surface area (TPSA) is 68.9 Å². The van der Waals surface area contributed by atoms with Gasteiger partial charge in [0, 0.05) is 0 Å². The average Bonchev–Trinajstić information content (AvgIpc) is 2.75. The van der Waals surface area contributed by atoms with Gasteiger partial charge in [0.15, 0.2) is 17.5 Å². The van der Waals surface area contributed by atoms with Gasteiger partial charge in [-0.05, 0) is 17.7 Å². The molecule has 1 unspecified atom stereocenters. The summed E-state index contributed by atoms with van der Waals surface area (Å²) in [5.41, 5.74) is 6.70. The third kappa shape index (κ3) is 1.54. The summed E-state index contributed by atoms with van der Waals surface area (Å²) >= 11 is 0. The fourth-order valence-electron chi connectivity index (χ4n) is 1.92. The first-order chi connectivity index (χ1) is 7.83. The molecule has 2 heterocycles. The molecule has 0 saturated carbocycles. The van der Waals surface area contributed by atoms with E-state index in [1.54, 1.807) is 0 Å². The van der Waals surface area contributed by atoms with Gasteiger partial charge in [0.05, 0.1) is 12.6 Å². The molecule has 1 aromatic carbocycles. The maximum Gasteiger partial charge on any atom is 0.189 e. The number of rotatable bonds is 1. The summed E-state index contributed by atoms with van der Waals surface area (Å²) in [5.74, 6) is 2.11. The van der Waals surface area contributed by atoms with Gasteiger partial charge in [-0.3, -0.25) is 4.99 Å². The Morgan fingerprint density at radius 1 is 1.25 bits per heavy atom. The van der Waals surface area contributed by atoms with Crippen LogP contribution in [0.15, 0.2) is 23.2 Å². The van der Waals surface area contributed by atoms with Crippen molar-refractivity contribution in [1.82, 2.24) is 5.32 Å². The lowest BCUT2D eigenvalue weighted by Crippen LogP contribution is -2.29. The number of guanidine groups is 1. The van der Waals surface area contributed by atoms with Crippen LogP contribution in [-0.2, 0) is 0 Å². The molecule has 0 radical (unpaired) electrons. The summed E-state index contributed by atoms with van der Waals surface area (Å²) in [6, 6.07) is 6.08. The van der Waals surface area contributed by atoms with Crippen LogP contribution in [0.25, 0.3) is 0 Å². The molecule has 0 fully saturated rings. The monoisotopic (exact) mass is 219 g/mol. The van der Waals surface area contributed by atoms with Crippen molar-refractivity contribution < 1.29 is 9.47 Å². The van der Waals surface area contributed by atoms with E-state index in [0.717, 1.165) is 17.1 Å². The van der Waals surface area contributed by atoms with Gasteiger partial charge in [-0.25, -0.2) is 0 Å². The number of nitrogens with zero attached hydrogens (tertiary/aromatic N) is 1. The highest BCUT2D eigenvalue weighted by molar-refractivity contribution is 5.80. The van der Waals surface area contributed by atoms with E-state index < -0.39 is 0 Å². The van der Waals surface area contributed by atoms with Crippen molar-refractivity contribution in [1.29, 1.82) is 0 Å². The molecule has 0 amide bonds. The predicted molar refractivity (Wildman–Crippen MR) is 59.8 cm³/mol. The summed E-state index contributed by atoms with van der Waals surface area (Å²) in [6.45, 7) is 1.89. The molecule has 2 aliphatic heterocycles. The molecular weight excluding hydrogens is 206 g/mol. The number of hydrogen-bond donors (Lipinski definition) is 2. The van der Waals surface area contributed by atoms with Crippen molar-refractivity contribution >= 4 is 5.96 Å². The Balaban J connectivity index is 1.86. The van der Waals surface area contributed by atoms with Crippen LogP contribution < -0.4 is 20.5 Å². The van der Waals surface area contributed by atoms with Crippen molar-refractivity contribution in [3.05, 3.63) is 23.8 Å². The summed E-state index contributed by atoms with van der Waals surface area (Å²) in [6.07, 6.45) is 0. The molecule has 2 aliphatic rings. The van der Waals surface area contributed by atoms with Crippen molar-refractivity contribution in [3.63, 3.8) is 0 Å². The molecule has 0 spiro atoms. The van der Waals surface area contributed by atoms with E-state index >= 15 is 0 Å². The summed E-state index contributed by atoms with van der Waals surface area (Å²) in [7, 11) is 0.